The monoisotopic (exact) mass is 520 g/mol. The van der Waals surface area contributed by atoms with Crippen LogP contribution in [0.2, 0.25) is 0 Å². The normalized spacial score (nSPS) is 15.0. The molecule has 4 rings (SSSR count). The highest BCUT2D eigenvalue weighted by Gasteiger charge is 2.33. The summed E-state index contributed by atoms with van der Waals surface area (Å²) in [6.07, 6.45) is 3.41. The molecule has 1 atom stereocenters. The van der Waals surface area contributed by atoms with Crippen molar-refractivity contribution in [1.29, 1.82) is 0 Å². The van der Waals surface area contributed by atoms with E-state index in [1.165, 1.54) is 11.3 Å². The van der Waals surface area contributed by atoms with Crippen molar-refractivity contribution in [2.24, 2.45) is 4.99 Å². The van der Waals surface area contributed by atoms with Gasteiger partial charge in [-0.05, 0) is 55.8 Å². The summed E-state index contributed by atoms with van der Waals surface area (Å²) in [6, 6.07) is 11.9. The van der Waals surface area contributed by atoms with E-state index in [0.29, 0.717) is 50.0 Å². The number of esters is 1. The second-order valence-corrected chi connectivity index (χ2v) is 9.09. The Hall–Kier alpha value is -4.11. The number of carbonyl (C=O) groups excluding carboxylic acids is 1. The van der Waals surface area contributed by atoms with Crippen molar-refractivity contribution in [3.63, 3.8) is 0 Å². The van der Waals surface area contributed by atoms with Gasteiger partial charge < -0.3 is 18.9 Å². The van der Waals surface area contributed by atoms with Gasteiger partial charge in [0.05, 0.1) is 42.7 Å². The number of allylic oxidation sites excluding steroid dienone is 1. The van der Waals surface area contributed by atoms with Crippen LogP contribution in [-0.2, 0) is 9.53 Å². The Kier molecular flexibility index (Phi) is 7.93. The van der Waals surface area contributed by atoms with Crippen LogP contribution >= 0.6 is 11.3 Å². The maximum Gasteiger partial charge on any atom is 0.338 e. The molecule has 0 amide bonds. The second kappa shape index (κ2) is 11.3. The molecule has 192 valence electrons. The van der Waals surface area contributed by atoms with Gasteiger partial charge in [0.25, 0.3) is 5.56 Å². The molecule has 0 saturated heterocycles. The molecule has 0 radical (unpaired) electrons. The number of ether oxygens (including phenoxy) is 4. The number of methoxy groups -OCH3 is 2. The van der Waals surface area contributed by atoms with Crippen LogP contribution in [0.3, 0.4) is 0 Å². The van der Waals surface area contributed by atoms with Crippen molar-refractivity contribution < 1.29 is 23.7 Å². The topological polar surface area (TPSA) is 88.4 Å². The maximum atomic E-state index is 13.8. The summed E-state index contributed by atoms with van der Waals surface area (Å²) in [5.41, 5.74) is 1.96. The van der Waals surface area contributed by atoms with Crippen molar-refractivity contribution >= 4 is 23.4 Å². The van der Waals surface area contributed by atoms with Crippen LogP contribution in [-0.4, -0.2) is 38.0 Å². The van der Waals surface area contributed by atoms with E-state index in [0.717, 1.165) is 5.56 Å². The van der Waals surface area contributed by atoms with Crippen molar-refractivity contribution in [1.82, 2.24) is 4.57 Å². The van der Waals surface area contributed by atoms with Crippen LogP contribution in [0.5, 0.6) is 17.2 Å². The predicted molar refractivity (Wildman–Crippen MR) is 142 cm³/mol. The Morgan fingerprint density at radius 3 is 2.51 bits per heavy atom. The van der Waals surface area contributed by atoms with E-state index in [1.807, 2.05) is 12.1 Å². The fourth-order valence-corrected chi connectivity index (χ4v) is 5.14. The molecule has 0 fully saturated rings. The van der Waals surface area contributed by atoms with Gasteiger partial charge in [0, 0.05) is 5.56 Å². The van der Waals surface area contributed by atoms with Gasteiger partial charge in [-0.2, -0.15) is 0 Å². The van der Waals surface area contributed by atoms with Gasteiger partial charge in [-0.25, -0.2) is 9.79 Å². The van der Waals surface area contributed by atoms with E-state index in [4.69, 9.17) is 18.9 Å². The lowest BCUT2D eigenvalue weighted by molar-refractivity contribution is -0.139. The summed E-state index contributed by atoms with van der Waals surface area (Å²) >= 11 is 1.24. The first-order chi connectivity index (χ1) is 17.9. The van der Waals surface area contributed by atoms with Gasteiger partial charge in [0.1, 0.15) is 23.9 Å². The summed E-state index contributed by atoms with van der Waals surface area (Å²) in [5, 5.41) is 0. The Labute approximate surface area is 218 Å². The van der Waals surface area contributed by atoms with E-state index < -0.39 is 12.0 Å². The number of hydrogen-bond donors (Lipinski definition) is 0. The molecule has 0 saturated carbocycles. The number of thiazole rings is 1. The van der Waals surface area contributed by atoms with E-state index >= 15 is 0 Å². The van der Waals surface area contributed by atoms with Crippen LogP contribution in [0.1, 0.15) is 31.0 Å². The summed E-state index contributed by atoms with van der Waals surface area (Å²) in [5.74, 6) is 1.38. The minimum atomic E-state index is -0.710. The van der Waals surface area contributed by atoms with Crippen molar-refractivity contribution in [3.05, 3.63) is 97.2 Å². The van der Waals surface area contributed by atoms with Crippen LogP contribution in [0, 0.1) is 0 Å². The Balaban J connectivity index is 1.91. The third-order valence-electron chi connectivity index (χ3n) is 5.80. The first-order valence-electron chi connectivity index (χ1n) is 11.7. The van der Waals surface area contributed by atoms with Crippen LogP contribution < -0.4 is 29.1 Å². The lowest BCUT2D eigenvalue weighted by atomic mass is 9.96. The van der Waals surface area contributed by atoms with Gasteiger partial charge in [-0.15, -0.1) is 0 Å². The van der Waals surface area contributed by atoms with Crippen LogP contribution in [0.4, 0.5) is 0 Å². The molecule has 2 heterocycles. The van der Waals surface area contributed by atoms with Crippen molar-refractivity contribution in [2.75, 3.05) is 27.4 Å². The van der Waals surface area contributed by atoms with E-state index in [9.17, 15) is 9.59 Å². The first kappa shape index (κ1) is 26.0. The predicted octanol–water partition coefficient (Wildman–Crippen LogP) is 3.38. The van der Waals surface area contributed by atoms with E-state index in [1.54, 1.807) is 75.1 Å². The maximum absolute atomic E-state index is 13.8. The number of hydrogen-bond acceptors (Lipinski definition) is 8. The molecule has 0 spiro atoms. The number of rotatable bonds is 9. The third kappa shape index (κ3) is 5.22. The van der Waals surface area contributed by atoms with Gasteiger partial charge in [-0.1, -0.05) is 36.1 Å². The van der Waals surface area contributed by atoms with Gasteiger partial charge >= 0.3 is 5.97 Å². The molecule has 1 aromatic heterocycles. The zero-order valence-electron chi connectivity index (χ0n) is 21.1. The van der Waals surface area contributed by atoms with E-state index in [-0.39, 0.29) is 12.2 Å². The van der Waals surface area contributed by atoms with Crippen LogP contribution in [0.25, 0.3) is 6.08 Å². The molecule has 1 aliphatic rings. The smallest absolute Gasteiger partial charge is 0.338 e. The number of aromatic nitrogens is 1. The summed E-state index contributed by atoms with van der Waals surface area (Å²) in [4.78, 5) is 31.9. The Bertz CT molecular complexity index is 1530. The molecule has 2 aromatic carbocycles. The number of benzene rings is 2. The second-order valence-electron chi connectivity index (χ2n) is 8.08. The highest BCUT2D eigenvalue weighted by molar-refractivity contribution is 7.07. The molecule has 1 aliphatic heterocycles. The first-order valence-corrected chi connectivity index (χ1v) is 12.5. The molecule has 0 N–H and O–H groups in total. The van der Waals surface area contributed by atoms with Gasteiger partial charge in [0.2, 0.25) is 0 Å². The number of nitrogens with zero attached hydrogens (tertiary/aromatic N) is 2. The molecular weight excluding hydrogens is 492 g/mol. The average molecular weight is 521 g/mol. The molecule has 9 heteroatoms. The molecule has 37 heavy (non-hydrogen) atoms. The third-order valence-corrected chi connectivity index (χ3v) is 6.79. The zero-order chi connectivity index (χ0) is 26.5. The summed E-state index contributed by atoms with van der Waals surface area (Å²) < 4.78 is 23.8. The van der Waals surface area contributed by atoms with Gasteiger partial charge in [0.15, 0.2) is 4.80 Å². The van der Waals surface area contributed by atoms with Gasteiger partial charge in [-0.3, -0.25) is 9.36 Å². The highest BCUT2D eigenvalue weighted by Crippen LogP contribution is 2.32. The van der Waals surface area contributed by atoms with Crippen LogP contribution in [0.15, 0.2) is 76.2 Å². The fraction of sp³-hybridized carbons (Fsp3) is 0.250. The quantitative estimate of drug-likeness (QED) is 0.318. The molecule has 3 aromatic rings. The number of carbonyl (C=O) groups is 1. The lowest BCUT2D eigenvalue weighted by Gasteiger charge is -2.24. The van der Waals surface area contributed by atoms with Crippen molar-refractivity contribution in [2.45, 2.75) is 19.9 Å². The number of fused-ring (bicyclic) bond motifs is 1. The summed E-state index contributed by atoms with van der Waals surface area (Å²) in [6.45, 7) is 7.73. The van der Waals surface area contributed by atoms with E-state index in [2.05, 4.69) is 11.6 Å². The largest absolute Gasteiger partial charge is 0.497 e. The SMILES string of the molecule is C=CCOc1ccc([C@@H]2C(C(=O)OCC)=C(C)N=c3s/c(=C\c4cc(OC)ccc4OC)c(=O)n32)cc1. The molecule has 0 bridgehead atoms. The minimum absolute atomic E-state index is 0.205. The minimum Gasteiger partial charge on any atom is -0.497 e. The molecule has 8 nitrogen and oxygen atoms in total. The Morgan fingerprint density at radius 2 is 1.86 bits per heavy atom. The summed E-state index contributed by atoms with van der Waals surface area (Å²) in [7, 11) is 3.14. The standard InChI is InChI=1S/C28H28N2O6S/c1-6-14-36-20-10-8-18(9-11-20)25-24(27(32)35-7-2)17(3)29-28-30(25)26(31)23(37-28)16-19-15-21(33-4)12-13-22(19)34-5/h6,8-13,15-16,25H,1,7,14H2,2-5H3/b23-16-/t25-/m1/s1. The molecule has 0 unspecified atom stereocenters. The lowest BCUT2D eigenvalue weighted by Crippen LogP contribution is -2.39. The average Bonchev–Trinajstić information content (AvgIpc) is 3.21. The van der Waals surface area contributed by atoms with Crippen molar-refractivity contribution in [3.8, 4) is 17.2 Å². The fourth-order valence-electron chi connectivity index (χ4n) is 4.10. The zero-order valence-corrected chi connectivity index (χ0v) is 22.0. The highest BCUT2D eigenvalue weighted by atomic mass is 32.1. The molecule has 0 aliphatic carbocycles. The Morgan fingerprint density at radius 1 is 1.14 bits per heavy atom. The molecular formula is C28H28N2O6S.